The number of hydrogen-bond donors (Lipinski definition) is 0. The summed E-state index contributed by atoms with van der Waals surface area (Å²) < 4.78 is 12.8. The number of ketones is 1. The first-order chi connectivity index (χ1) is 9.13. The van der Waals surface area contributed by atoms with Crippen LogP contribution in [0.3, 0.4) is 0 Å². The highest BCUT2D eigenvalue weighted by Gasteiger charge is 2.19. The van der Waals surface area contributed by atoms with E-state index < -0.39 is 0 Å². The van der Waals surface area contributed by atoms with E-state index in [1.807, 2.05) is 12.1 Å². The van der Waals surface area contributed by atoms with Crippen molar-refractivity contribution in [1.29, 1.82) is 0 Å². The summed E-state index contributed by atoms with van der Waals surface area (Å²) >= 11 is 0. The molecule has 0 amide bonds. The van der Waals surface area contributed by atoms with Gasteiger partial charge < -0.3 is 21.9 Å². The molecule has 20 heavy (non-hydrogen) atoms. The molecule has 0 fully saturated rings. The van der Waals surface area contributed by atoms with Gasteiger partial charge in [0.15, 0.2) is 17.7 Å². The van der Waals surface area contributed by atoms with Crippen molar-refractivity contribution in [1.82, 2.24) is 0 Å². The minimum absolute atomic E-state index is 0. The van der Waals surface area contributed by atoms with Crippen LogP contribution in [-0.2, 0) is 11.2 Å². The number of carbonyl (C=O) groups is 1. The second-order valence-electron chi connectivity index (χ2n) is 4.77. The van der Waals surface area contributed by atoms with Crippen molar-refractivity contribution in [2.75, 3.05) is 27.3 Å². The normalized spacial score (nSPS) is 12.8. The number of hydrogen-bond acceptors (Lipinski definition) is 3. The maximum atomic E-state index is 11.0. The summed E-state index contributed by atoms with van der Waals surface area (Å²) in [5, 5.41) is 0. The van der Waals surface area contributed by atoms with Gasteiger partial charge in [-0.1, -0.05) is 0 Å². The molecule has 0 spiro atoms. The Bertz CT molecular complexity index is 526. The molecular formula is C15H20ClNO3. The average molecular weight is 298 g/mol. The summed E-state index contributed by atoms with van der Waals surface area (Å²) in [6.45, 7) is 3.35. The maximum Gasteiger partial charge on any atom is 0.171 e. The fourth-order valence-corrected chi connectivity index (χ4v) is 2.28. The van der Waals surface area contributed by atoms with Crippen molar-refractivity contribution in [2.24, 2.45) is 0 Å². The first kappa shape index (κ1) is 16.5. The third-order valence-corrected chi connectivity index (χ3v) is 3.39. The fourth-order valence-electron chi connectivity index (χ4n) is 2.28. The first-order valence-electron chi connectivity index (χ1n) is 6.47. The Kier molecular flexibility index (Phi) is 6.02. The van der Waals surface area contributed by atoms with Gasteiger partial charge >= 0.3 is 0 Å². The molecule has 0 N–H and O–H groups in total. The molecule has 5 heteroatoms. The maximum absolute atomic E-state index is 11.0. The third kappa shape index (κ3) is 3.73. The minimum atomic E-state index is 0. The molecule has 0 aliphatic carbocycles. The highest BCUT2D eigenvalue weighted by Crippen LogP contribution is 2.31. The summed E-state index contributed by atoms with van der Waals surface area (Å²) in [5.74, 6) is 1.74. The summed E-state index contributed by atoms with van der Waals surface area (Å²) in [6.07, 6.45) is 3.66. The first-order valence-corrected chi connectivity index (χ1v) is 6.47. The molecule has 0 saturated heterocycles. The topological polar surface area (TPSA) is 38.5 Å². The van der Waals surface area contributed by atoms with Crippen LogP contribution in [0.2, 0.25) is 0 Å². The van der Waals surface area contributed by atoms with Gasteiger partial charge in [-0.15, -0.1) is 0 Å². The molecule has 1 heterocycles. The van der Waals surface area contributed by atoms with E-state index in [-0.39, 0.29) is 18.2 Å². The molecule has 0 saturated carbocycles. The van der Waals surface area contributed by atoms with Crippen LogP contribution in [0.25, 0.3) is 0 Å². The minimum Gasteiger partial charge on any atom is -1.00 e. The zero-order valence-electron chi connectivity index (χ0n) is 12.1. The van der Waals surface area contributed by atoms with Crippen molar-refractivity contribution in [2.45, 2.75) is 19.8 Å². The smallest absolute Gasteiger partial charge is 0.171 e. The number of carbonyl (C=O) groups excluding carboxylic acids is 1. The fraction of sp³-hybridized carbons (Fsp3) is 0.467. The number of benzene rings is 1. The van der Waals surface area contributed by atoms with E-state index in [1.54, 1.807) is 21.1 Å². The van der Waals surface area contributed by atoms with Crippen LogP contribution in [0, 0.1) is 0 Å². The lowest BCUT2D eigenvalue weighted by molar-refractivity contribution is -0.522. The molecule has 0 bridgehead atoms. The van der Waals surface area contributed by atoms with Gasteiger partial charge in [0, 0.05) is 12.0 Å². The average Bonchev–Trinajstić information content (AvgIpc) is 2.43. The highest BCUT2D eigenvalue weighted by atomic mass is 35.5. The highest BCUT2D eigenvalue weighted by molar-refractivity contribution is 5.81. The Hall–Kier alpha value is -1.55. The van der Waals surface area contributed by atoms with Crippen molar-refractivity contribution in [3.63, 3.8) is 0 Å². The van der Waals surface area contributed by atoms with E-state index in [4.69, 9.17) is 9.47 Å². The molecule has 110 valence electrons. The van der Waals surface area contributed by atoms with Crippen LogP contribution in [0.1, 0.15) is 24.5 Å². The van der Waals surface area contributed by atoms with E-state index in [2.05, 4.69) is 10.8 Å². The number of rotatable bonds is 5. The molecule has 0 atom stereocenters. The summed E-state index contributed by atoms with van der Waals surface area (Å²) in [4.78, 5) is 11.0. The van der Waals surface area contributed by atoms with Gasteiger partial charge in [0.05, 0.1) is 20.6 Å². The zero-order valence-corrected chi connectivity index (χ0v) is 12.9. The predicted molar refractivity (Wildman–Crippen MR) is 73.7 cm³/mol. The van der Waals surface area contributed by atoms with E-state index in [0.717, 1.165) is 36.6 Å². The van der Waals surface area contributed by atoms with Crippen LogP contribution in [0.4, 0.5) is 0 Å². The lowest BCUT2D eigenvalue weighted by Gasteiger charge is -2.15. The SMILES string of the molecule is COc1cc2c(cc1OC)CC[N+](CCC(C)=O)=C2.[Cl-]. The summed E-state index contributed by atoms with van der Waals surface area (Å²) in [7, 11) is 3.29. The second kappa shape index (κ2) is 7.29. The zero-order chi connectivity index (χ0) is 13.8. The van der Waals surface area contributed by atoms with Crippen LogP contribution >= 0.6 is 0 Å². The van der Waals surface area contributed by atoms with Gasteiger partial charge in [0.2, 0.25) is 0 Å². The molecule has 1 aromatic carbocycles. The van der Waals surface area contributed by atoms with Crippen molar-refractivity contribution < 1.29 is 31.3 Å². The number of halogens is 1. The lowest BCUT2D eigenvalue weighted by Crippen LogP contribution is -3.00. The molecular weight excluding hydrogens is 278 g/mol. The van der Waals surface area contributed by atoms with Crippen LogP contribution < -0.4 is 21.9 Å². The van der Waals surface area contributed by atoms with Gasteiger partial charge in [0.1, 0.15) is 18.9 Å². The van der Waals surface area contributed by atoms with Gasteiger partial charge in [0.25, 0.3) is 0 Å². The summed E-state index contributed by atoms with van der Waals surface area (Å²) in [5.41, 5.74) is 2.41. The molecule has 2 rings (SSSR count). The monoisotopic (exact) mass is 297 g/mol. The molecule has 0 aromatic heterocycles. The molecule has 1 aliphatic rings. The third-order valence-electron chi connectivity index (χ3n) is 3.39. The molecule has 1 aliphatic heterocycles. The number of fused-ring (bicyclic) bond motifs is 1. The number of ether oxygens (including phenoxy) is 2. The van der Waals surface area contributed by atoms with Gasteiger partial charge in [-0.25, -0.2) is 4.58 Å². The predicted octanol–water partition coefficient (Wildman–Crippen LogP) is -1.33. The van der Waals surface area contributed by atoms with Crippen molar-refractivity contribution >= 4 is 12.0 Å². The van der Waals surface area contributed by atoms with E-state index in [9.17, 15) is 4.79 Å². The summed E-state index contributed by atoms with van der Waals surface area (Å²) in [6, 6.07) is 4.03. The second-order valence-corrected chi connectivity index (χ2v) is 4.77. The van der Waals surface area contributed by atoms with E-state index in [0.29, 0.717) is 6.42 Å². The molecule has 0 unspecified atom stereocenters. The Labute approximate surface area is 125 Å². The Morgan fingerprint density at radius 1 is 1.25 bits per heavy atom. The molecule has 1 aromatic rings. The van der Waals surface area contributed by atoms with Crippen molar-refractivity contribution in [3.8, 4) is 11.5 Å². The van der Waals surface area contributed by atoms with Crippen molar-refractivity contribution in [3.05, 3.63) is 23.3 Å². The van der Waals surface area contributed by atoms with Gasteiger partial charge in [-0.2, -0.15) is 0 Å². The number of methoxy groups -OCH3 is 2. The van der Waals surface area contributed by atoms with Gasteiger partial charge in [-0.3, -0.25) is 4.79 Å². The quantitative estimate of drug-likeness (QED) is 0.633. The molecule has 0 radical (unpaired) electrons. The van der Waals surface area contributed by atoms with Gasteiger partial charge in [-0.05, 0) is 24.6 Å². The standard InChI is InChI=1S/C15H20NO3.ClH/c1-11(17)4-6-16-7-5-12-8-14(18-2)15(19-3)9-13(12)10-16;/h8-10H,4-7H2,1-3H3;1H/q+1;/p-1. The van der Waals surface area contributed by atoms with E-state index in [1.165, 1.54) is 5.56 Å². The largest absolute Gasteiger partial charge is 1.00 e. The van der Waals surface area contributed by atoms with Crippen LogP contribution in [0.5, 0.6) is 11.5 Å². The van der Waals surface area contributed by atoms with E-state index >= 15 is 0 Å². The Balaban J connectivity index is 0.00000200. The number of Topliss-reactive ketones (excluding diaryl/α,β-unsaturated/α-hetero) is 1. The Morgan fingerprint density at radius 3 is 2.50 bits per heavy atom. The van der Waals surface area contributed by atoms with Crippen LogP contribution in [0.15, 0.2) is 12.1 Å². The molecule has 4 nitrogen and oxygen atoms in total. The number of nitrogens with zero attached hydrogens (tertiary/aromatic N) is 1. The lowest BCUT2D eigenvalue weighted by atomic mass is 10.0. The van der Waals surface area contributed by atoms with Crippen LogP contribution in [-0.4, -0.2) is 43.9 Å². The Morgan fingerprint density at radius 2 is 1.90 bits per heavy atom.